The molecule has 5 nitrogen and oxygen atoms in total. The van der Waals surface area contributed by atoms with Crippen LogP contribution >= 0.6 is 11.8 Å². The molecule has 0 aliphatic rings. The monoisotopic (exact) mass is 273 g/mol. The number of hydrogen-bond acceptors (Lipinski definition) is 4. The highest BCUT2D eigenvalue weighted by atomic mass is 32.2. The van der Waals surface area contributed by atoms with Crippen molar-refractivity contribution in [1.29, 1.82) is 0 Å². The Labute approximate surface area is 107 Å². The van der Waals surface area contributed by atoms with E-state index in [1.165, 1.54) is 0 Å². The molecule has 18 heavy (non-hydrogen) atoms. The molecule has 1 aromatic rings. The topological polar surface area (TPSA) is 80.4 Å². The van der Waals surface area contributed by atoms with Gasteiger partial charge in [-0.05, 0) is 18.2 Å². The lowest BCUT2D eigenvalue weighted by Crippen LogP contribution is -2.03. The summed E-state index contributed by atoms with van der Waals surface area (Å²) in [5.41, 5.74) is -1.04. The van der Waals surface area contributed by atoms with Gasteiger partial charge in [-0.25, -0.2) is 9.18 Å². The van der Waals surface area contributed by atoms with Crippen LogP contribution in [0.25, 0.3) is 0 Å². The van der Waals surface area contributed by atoms with Gasteiger partial charge in [-0.1, -0.05) is 13.3 Å². The van der Waals surface area contributed by atoms with Gasteiger partial charge in [0.15, 0.2) is 0 Å². The van der Waals surface area contributed by atoms with E-state index in [1.807, 2.05) is 6.92 Å². The van der Waals surface area contributed by atoms with Crippen molar-refractivity contribution in [2.45, 2.75) is 24.7 Å². The van der Waals surface area contributed by atoms with E-state index in [0.717, 1.165) is 36.7 Å². The van der Waals surface area contributed by atoms with E-state index in [1.54, 1.807) is 0 Å². The summed E-state index contributed by atoms with van der Waals surface area (Å²) in [6.07, 6.45) is 1.78. The van der Waals surface area contributed by atoms with Crippen LogP contribution in [0, 0.1) is 15.9 Å². The first-order valence-electron chi connectivity index (χ1n) is 5.31. The number of carboxylic acid groups (broad SMARTS) is 1. The molecule has 0 radical (unpaired) electrons. The third-order valence-electron chi connectivity index (χ3n) is 2.23. The Morgan fingerprint density at radius 1 is 1.56 bits per heavy atom. The first kappa shape index (κ1) is 14.4. The summed E-state index contributed by atoms with van der Waals surface area (Å²) in [5, 5.41) is 19.5. The summed E-state index contributed by atoms with van der Waals surface area (Å²) in [6, 6.07) is 1.69. The van der Waals surface area contributed by atoms with E-state index in [2.05, 4.69) is 0 Å². The second-order valence-electron chi connectivity index (χ2n) is 3.56. The van der Waals surface area contributed by atoms with Gasteiger partial charge >= 0.3 is 5.97 Å². The van der Waals surface area contributed by atoms with Gasteiger partial charge in [-0.2, -0.15) is 0 Å². The van der Waals surface area contributed by atoms with Gasteiger partial charge in [0, 0.05) is 6.07 Å². The Hall–Kier alpha value is -1.63. The average Bonchev–Trinajstić information content (AvgIpc) is 2.28. The molecule has 0 saturated heterocycles. The molecule has 0 spiro atoms. The van der Waals surface area contributed by atoms with Gasteiger partial charge < -0.3 is 5.11 Å². The lowest BCUT2D eigenvalue weighted by molar-refractivity contribution is -0.387. The molecule has 98 valence electrons. The highest BCUT2D eigenvalue weighted by Gasteiger charge is 2.21. The summed E-state index contributed by atoms with van der Waals surface area (Å²) >= 11 is 1.16. The van der Waals surface area contributed by atoms with Crippen molar-refractivity contribution in [3.63, 3.8) is 0 Å². The standard InChI is InChI=1S/C11H12FNO4S/c1-2-3-4-18-10-6-8(12)7(11(14)15)5-9(10)13(16)17/h5-6H,2-4H2,1H3,(H,14,15). The van der Waals surface area contributed by atoms with Crippen LogP contribution in [0.5, 0.6) is 0 Å². The molecule has 0 saturated carbocycles. The second-order valence-corrected chi connectivity index (χ2v) is 4.70. The van der Waals surface area contributed by atoms with E-state index >= 15 is 0 Å². The maximum Gasteiger partial charge on any atom is 0.338 e. The van der Waals surface area contributed by atoms with E-state index in [0.29, 0.717) is 5.75 Å². The summed E-state index contributed by atoms with van der Waals surface area (Å²) in [5.74, 6) is -1.84. The Bertz CT molecular complexity index is 478. The quantitative estimate of drug-likeness (QED) is 0.372. The molecule has 0 aromatic heterocycles. The number of nitrogens with zero attached hydrogens (tertiary/aromatic N) is 1. The van der Waals surface area contributed by atoms with Crippen LogP contribution in [-0.2, 0) is 0 Å². The number of benzene rings is 1. The third-order valence-corrected chi connectivity index (χ3v) is 3.36. The largest absolute Gasteiger partial charge is 0.478 e. The molecule has 0 aliphatic heterocycles. The van der Waals surface area contributed by atoms with Crippen molar-refractivity contribution >= 4 is 23.4 Å². The summed E-state index contributed by atoms with van der Waals surface area (Å²) in [4.78, 5) is 21.0. The molecule has 0 heterocycles. The van der Waals surface area contributed by atoms with Crippen LogP contribution in [0.1, 0.15) is 30.1 Å². The predicted octanol–water partition coefficient (Wildman–Crippen LogP) is 3.32. The predicted molar refractivity (Wildman–Crippen MR) is 65.6 cm³/mol. The van der Waals surface area contributed by atoms with Gasteiger partial charge in [-0.3, -0.25) is 10.1 Å². The number of thioether (sulfide) groups is 1. The number of carbonyl (C=O) groups is 1. The first-order chi connectivity index (χ1) is 8.47. The molecule has 0 amide bonds. The minimum absolute atomic E-state index is 0.163. The Balaban J connectivity index is 3.12. The molecule has 0 atom stereocenters. The molecule has 1 rings (SSSR count). The normalized spacial score (nSPS) is 10.3. The molecule has 1 aromatic carbocycles. The van der Waals surface area contributed by atoms with Crippen LogP contribution in [0.4, 0.5) is 10.1 Å². The highest BCUT2D eigenvalue weighted by Crippen LogP contribution is 2.32. The molecule has 7 heteroatoms. The zero-order valence-corrected chi connectivity index (χ0v) is 10.5. The number of rotatable bonds is 6. The summed E-state index contributed by atoms with van der Waals surface area (Å²) in [7, 11) is 0. The number of halogens is 1. The van der Waals surface area contributed by atoms with Crippen molar-refractivity contribution < 1.29 is 19.2 Å². The fraction of sp³-hybridized carbons (Fsp3) is 0.364. The Kier molecular flexibility index (Phi) is 5.08. The molecule has 1 N–H and O–H groups in total. The van der Waals surface area contributed by atoms with E-state index < -0.39 is 22.3 Å². The molecule has 0 fully saturated rings. The number of nitro benzene ring substituents is 1. The zero-order chi connectivity index (χ0) is 13.7. The number of aromatic carboxylic acids is 1. The number of unbranched alkanes of at least 4 members (excludes halogenated alkanes) is 1. The molecular weight excluding hydrogens is 261 g/mol. The van der Waals surface area contributed by atoms with E-state index in [4.69, 9.17) is 5.11 Å². The lowest BCUT2D eigenvalue weighted by Gasteiger charge is -2.04. The zero-order valence-electron chi connectivity index (χ0n) is 9.68. The smallest absolute Gasteiger partial charge is 0.338 e. The lowest BCUT2D eigenvalue weighted by atomic mass is 10.2. The minimum atomic E-state index is -1.51. The highest BCUT2D eigenvalue weighted by molar-refractivity contribution is 7.99. The van der Waals surface area contributed by atoms with Crippen molar-refractivity contribution in [3.8, 4) is 0 Å². The molecule has 0 unspecified atom stereocenters. The average molecular weight is 273 g/mol. The van der Waals surface area contributed by atoms with Crippen LogP contribution < -0.4 is 0 Å². The summed E-state index contributed by atoms with van der Waals surface area (Å²) < 4.78 is 13.4. The fourth-order valence-electron chi connectivity index (χ4n) is 1.29. The van der Waals surface area contributed by atoms with Gasteiger partial charge in [0.2, 0.25) is 0 Å². The van der Waals surface area contributed by atoms with Gasteiger partial charge in [0.1, 0.15) is 11.4 Å². The van der Waals surface area contributed by atoms with Crippen molar-refractivity contribution in [2.75, 3.05) is 5.75 Å². The Morgan fingerprint density at radius 2 is 2.22 bits per heavy atom. The van der Waals surface area contributed by atoms with Gasteiger partial charge in [0.05, 0.1) is 9.82 Å². The van der Waals surface area contributed by atoms with Crippen molar-refractivity contribution in [1.82, 2.24) is 0 Å². The SMILES string of the molecule is CCCCSc1cc(F)c(C(=O)O)cc1[N+](=O)[O-]. The van der Waals surface area contributed by atoms with Crippen LogP contribution in [0.2, 0.25) is 0 Å². The van der Waals surface area contributed by atoms with Gasteiger partial charge in [-0.15, -0.1) is 11.8 Å². The maximum absolute atomic E-state index is 13.4. The first-order valence-corrected chi connectivity index (χ1v) is 6.30. The molecular formula is C11H12FNO4S. The van der Waals surface area contributed by atoms with Crippen molar-refractivity contribution in [3.05, 3.63) is 33.6 Å². The second kappa shape index (κ2) is 6.34. The maximum atomic E-state index is 13.4. The molecule has 0 aliphatic carbocycles. The Morgan fingerprint density at radius 3 is 2.72 bits per heavy atom. The minimum Gasteiger partial charge on any atom is -0.478 e. The molecule has 0 bridgehead atoms. The number of hydrogen-bond donors (Lipinski definition) is 1. The van der Waals surface area contributed by atoms with Crippen molar-refractivity contribution in [2.24, 2.45) is 0 Å². The number of nitro groups is 1. The van der Waals surface area contributed by atoms with Crippen LogP contribution in [0.15, 0.2) is 17.0 Å². The van der Waals surface area contributed by atoms with Crippen LogP contribution in [0.3, 0.4) is 0 Å². The summed E-state index contributed by atoms with van der Waals surface area (Å²) in [6.45, 7) is 1.98. The van der Waals surface area contributed by atoms with E-state index in [-0.39, 0.29) is 10.6 Å². The van der Waals surface area contributed by atoms with Crippen LogP contribution in [-0.4, -0.2) is 21.8 Å². The van der Waals surface area contributed by atoms with E-state index in [9.17, 15) is 19.3 Å². The van der Waals surface area contributed by atoms with Gasteiger partial charge in [0.25, 0.3) is 5.69 Å². The fourth-order valence-corrected chi connectivity index (χ4v) is 2.41. The third kappa shape index (κ3) is 3.43. The number of carboxylic acids is 1.